The summed E-state index contributed by atoms with van der Waals surface area (Å²) in [6, 6.07) is 5.13. The van der Waals surface area contributed by atoms with E-state index in [1.54, 1.807) is 0 Å². The first-order valence-corrected chi connectivity index (χ1v) is 7.92. The van der Waals surface area contributed by atoms with E-state index in [0.29, 0.717) is 22.3 Å². The summed E-state index contributed by atoms with van der Waals surface area (Å²) in [5.74, 6) is -0.782. The molecule has 2 aromatic rings. The smallest absolute Gasteiger partial charge is 0.428 e. The summed E-state index contributed by atoms with van der Waals surface area (Å²) >= 11 is 3.23. The molecule has 0 saturated carbocycles. The van der Waals surface area contributed by atoms with E-state index in [4.69, 9.17) is 0 Å². The summed E-state index contributed by atoms with van der Waals surface area (Å²) in [7, 11) is 0. The van der Waals surface area contributed by atoms with E-state index in [1.165, 1.54) is 35.2 Å². The van der Waals surface area contributed by atoms with Gasteiger partial charge in [-0.3, -0.25) is 9.48 Å². The van der Waals surface area contributed by atoms with E-state index in [1.807, 2.05) is 6.92 Å². The zero-order valence-corrected chi connectivity index (χ0v) is 14.5. The van der Waals surface area contributed by atoms with Gasteiger partial charge in [0.2, 0.25) is 5.78 Å². The molecule has 9 heteroatoms. The molecule has 134 valence electrons. The number of benzene rings is 1. The molecule has 4 nitrogen and oxygen atoms in total. The number of carbonyl (C=O) groups excluding carboxylic acids is 1. The first kappa shape index (κ1) is 19.2. The average Bonchev–Trinajstić information content (AvgIpc) is 2.93. The molecule has 0 N–H and O–H groups in total. The maximum atomic E-state index is 12.9. The zero-order chi connectivity index (χ0) is 18.6. The number of hydrogen-bond acceptors (Lipinski definition) is 3. The summed E-state index contributed by atoms with van der Waals surface area (Å²) in [4.78, 5) is 12.3. The third-order valence-electron chi connectivity index (χ3n) is 3.12. The molecule has 0 fully saturated rings. The van der Waals surface area contributed by atoms with Gasteiger partial charge >= 0.3 is 12.5 Å². The molecular weight excluding hydrogens is 408 g/mol. The molecule has 0 aliphatic carbocycles. The van der Waals surface area contributed by atoms with Crippen molar-refractivity contribution in [3.05, 3.63) is 52.3 Å². The Hall–Kier alpha value is -2.16. The minimum atomic E-state index is -4.59. The summed E-state index contributed by atoms with van der Waals surface area (Å²) in [5, 5.41) is 4.02. The van der Waals surface area contributed by atoms with Crippen LogP contribution in [0, 0.1) is 0 Å². The standard InChI is InChI=1S/C16H13BrF4N2O2/c1-2-23-14(12(17)9-22-23)13(24)7-6-10-4-3-5-11(8-10)25-16(20,21)15(18)19/h3-9,15H,2H2,1H3/b7-6+. The fourth-order valence-electron chi connectivity index (χ4n) is 1.98. The minimum absolute atomic E-state index is 0.342. The highest BCUT2D eigenvalue weighted by Crippen LogP contribution is 2.28. The second-order valence-corrected chi connectivity index (χ2v) is 5.75. The van der Waals surface area contributed by atoms with Crippen LogP contribution in [0.5, 0.6) is 5.75 Å². The van der Waals surface area contributed by atoms with Crippen molar-refractivity contribution in [3.8, 4) is 5.75 Å². The Morgan fingerprint density at radius 1 is 1.44 bits per heavy atom. The number of halogens is 5. The van der Waals surface area contributed by atoms with Crippen LogP contribution >= 0.6 is 15.9 Å². The maximum Gasteiger partial charge on any atom is 0.461 e. The van der Waals surface area contributed by atoms with Crippen LogP contribution in [0.25, 0.3) is 6.08 Å². The first-order chi connectivity index (χ1) is 11.7. The van der Waals surface area contributed by atoms with Gasteiger partial charge < -0.3 is 4.74 Å². The Morgan fingerprint density at radius 3 is 2.80 bits per heavy atom. The van der Waals surface area contributed by atoms with Crippen molar-refractivity contribution < 1.29 is 27.1 Å². The van der Waals surface area contributed by atoms with Crippen LogP contribution < -0.4 is 4.74 Å². The number of aryl methyl sites for hydroxylation is 1. The number of alkyl halides is 4. The molecule has 0 atom stereocenters. The average molecular weight is 421 g/mol. The molecule has 2 rings (SSSR count). The van der Waals surface area contributed by atoms with E-state index in [0.717, 1.165) is 12.1 Å². The SMILES string of the molecule is CCn1ncc(Br)c1C(=O)/C=C/c1cccc(OC(F)(F)C(F)F)c1. The lowest BCUT2D eigenvalue weighted by Crippen LogP contribution is -2.33. The van der Waals surface area contributed by atoms with Crippen LogP contribution in [0.4, 0.5) is 17.6 Å². The molecule has 1 aromatic carbocycles. The van der Waals surface area contributed by atoms with Gasteiger partial charge in [0.15, 0.2) is 0 Å². The van der Waals surface area contributed by atoms with Gasteiger partial charge in [0.1, 0.15) is 11.4 Å². The van der Waals surface area contributed by atoms with Crippen LogP contribution in [0.1, 0.15) is 23.0 Å². The van der Waals surface area contributed by atoms with Crippen LogP contribution in [-0.4, -0.2) is 28.1 Å². The summed E-state index contributed by atoms with van der Waals surface area (Å²) in [6.07, 6.45) is -4.44. The Kier molecular flexibility index (Phi) is 5.99. The van der Waals surface area contributed by atoms with Crippen molar-refractivity contribution in [1.82, 2.24) is 9.78 Å². The lowest BCUT2D eigenvalue weighted by Gasteiger charge is -2.16. The minimum Gasteiger partial charge on any atom is -0.428 e. The third kappa shape index (κ3) is 4.68. The molecule has 0 radical (unpaired) electrons. The van der Waals surface area contributed by atoms with E-state index < -0.39 is 18.3 Å². The van der Waals surface area contributed by atoms with E-state index in [2.05, 4.69) is 25.8 Å². The lowest BCUT2D eigenvalue weighted by atomic mass is 10.1. The number of aromatic nitrogens is 2. The van der Waals surface area contributed by atoms with Crippen molar-refractivity contribution >= 4 is 27.8 Å². The zero-order valence-electron chi connectivity index (χ0n) is 12.9. The van der Waals surface area contributed by atoms with Gasteiger partial charge in [0, 0.05) is 6.54 Å². The molecule has 0 bridgehead atoms. The Bertz CT molecular complexity index is 790. The van der Waals surface area contributed by atoms with Crippen molar-refractivity contribution in [2.75, 3.05) is 0 Å². The lowest BCUT2D eigenvalue weighted by molar-refractivity contribution is -0.253. The number of hydrogen-bond donors (Lipinski definition) is 0. The van der Waals surface area contributed by atoms with E-state index >= 15 is 0 Å². The Balaban J connectivity index is 2.18. The van der Waals surface area contributed by atoms with Gasteiger partial charge in [-0.05, 0) is 46.6 Å². The largest absolute Gasteiger partial charge is 0.461 e. The predicted octanol–water partition coefficient (Wildman–Crippen LogP) is 4.80. The molecule has 25 heavy (non-hydrogen) atoms. The fourth-order valence-corrected chi connectivity index (χ4v) is 2.47. The van der Waals surface area contributed by atoms with Crippen molar-refractivity contribution in [1.29, 1.82) is 0 Å². The summed E-state index contributed by atoms with van der Waals surface area (Å²) < 4.78 is 56.2. The normalized spacial score (nSPS) is 12.1. The third-order valence-corrected chi connectivity index (χ3v) is 3.70. The Labute approximate surface area is 149 Å². The predicted molar refractivity (Wildman–Crippen MR) is 87.0 cm³/mol. The Morgan fingerprint density at radius 2 is 2.16 bits per heavy atom. The monoisotopic (exact) mass is 420 g/mol. The number of rotatable bonds is 7. The fraction of sp³-hybridized carbons (Fsp3) is 0.250. The highest BCUT2D eigenvalue weighted by Gasteiger charge is 2.43. The topological polar surface area (TPSA) is 44.1 Å². The van der Waals surface area contributed by atoms with Crippen LogP contribution in [-0.2, 0) is 6.54 Å². The van der Waals surface area contributed by atoms with Gasteiger partial charge in [-0.25, -0.2) is 0 Å². The molecule has 0 aliphatic heterocycles. The van der Waals surface area contributed by atoms with Gasteiger partial charge in [0.25, 0.3) is 0 Å². The van der Waals surface area contributed by atoms with Gasteiger partial charge in [-0.1, -0.05) is 18.2 Å². The van der Waals surface area contributed by atoms with Crippen molar-refractivity contribution in [3.63, 3.8) is 0 Å². The molecular formula is C16H13BrF4N2O2. The molecule has 0 saturated heterocycles. The second-order valence-electron chi connectivity index (χ2n) is 4.89. The number of ketones is 1. The molecule has 0 aliphatic rings. The quantitative estimate of drug-likeness (QED) is 0.367. The molecule has 0 spiro atoms. The summed E-state index contributed by atoms with van der Waals surface area (Å²) in [5.41, 5.74) is 0.685. The highest BCUT2D eigenvalue weighted by atomic mass is 79.9. The first-order valence-electron chi connectivity index (χ1n) is 7.13. The van der Waals surface area contributed by atoms with Crippen LogP contribution in [0.3, 0.4) is 0 Å². The van der Waals surface area contributed by atoms with Gasteiger partial charge in [-0.2, -0.15) is 22.7 Å². The summed E-state index contributed by atoms with van der Waals surface area (Å²) in [6.45, 7) is 2.32. The van der Waals surface area contributed by atoms with Crippen LogP contribution in [0.2, 0.25) is 0 Å². The van der Waals surface area contributed by atoms with Gasteiger partial charge in [-0.15, -0.1) is 0 Å². The molecule has 1 heterocycles. The number of nitrogens with zero attached hydrogens (tertiary/aromatic N) is 2. The van der Waals surface area contributed by atoms with Gasteiger partial charge in [0.05, 0.1) is 10.7 Å². The molecule has 1 aromatic heterocycles. The number of allylic oxidation sites excluding steroid dienone is 1. The van der Waals surface area contributed by atoms with Crippen molar-refractivity contribution in [2.45, 2.75) is 26.0 Å². The molecule has 0 unspecified atom stereocenters. The van der Waals surface area contributed by atoms with E-state index in [9.17, 15) is 22.4 Å². The van der Waals surface area contributed by atoms with Crippen LogP contribution in [0.15, 0.2) is 41.0 Å². The molecule has 0 amide bonds. The van der Waals surface area contributed by atoms with Crippen molar-refractivity contribution in [2.24, 2.45) is 0 Å². The van der Waals surface area contributed by atoms with E-state index in [-0.39, 0.29) is 5.78 Å². The number of ether oxygens (including phenoxy) is 1. The second kappa shape index (κ2) is 7.81. The maximum absolute atomic E-state index is 12.9. The highest BCUT2D eigenvalue weighted by molar-refractivity contribution is 9.10. The number of carbonyl (C=O) groups is 1.